The SMILES string of the molecule is O=C(Cc1ccccc1C(=O)O)Nc1ccc2occc(=O)c2c1. The van der Waals surface area contributed by atoms with Crippen molar-refractivity contribution in [2.75, 3.05) is 5.32 Å². The van der Waals surface area contributed by atoms with Gasteiger partial charge < -0.3 is 14.8 Å². The van der Waals surface area contributed by atoms with Crippen molar-refractivity contribution in [3.05, 3.63) is 76.1 Å². The van der Waals surface area contributed by atoms with Gasteiger partial charge in [0.2, 0.25) is 5.91 Å². The van der Waals surface area contributed by atoms with Crippen LogP contribution in [0.2, 0.25) is 0 Å². The van der Waals surface area contributed by atoms with Crippen molar-refractivity contribution in [3.63, 3.8) is 0 Å². The van der Waals surface area contributed by atoms with Crippen LogP contribution in [0.1, 0.15) is 15.9 Å². The van der Waals surface area contributed by atoms with Gasteiger partial charge in [-0.25, -0.2) is 4.79 Å². The van der Waals surface area contributed by atoms with Gasteiger partial charge in [-0.1, -0.05) is 18.2 Å². The third-order valence-electron chi connectivity index (χ3n) is 3.54. The highest BCUT2D eigenvalue weighted by Gasteiger charge is 2.13. The molecule has 24 heavy (non-hydrogen) atoms. The molecule has 0 fully saturated rings. The summed E-state index contributed by atoms with van der Waals surface area (Å²) in [5.74, 6) is -1.45. The number of benzene rings is 2. The van der Waals surface area contributed by atoms with Gasteiger partial charge in [0, 0.05) is 11.8 Å². The minimum atomic E-state index is -1.08. The van der Waals surface area contributed by atoms with Gasteiger partial charge in [0.15, 0.2) is 5.43 Å². The molecule has 0 spiro atoms. The molecule has 0 aliphatic heterocycles. The van der Waals surface area contributed by atoms with E-state index in [1.165, 1.54) is 24.5 Å². The molecule has 120 valence electrons. The first kappa shape index (κ1) is 15.5. The third-order valence-corrected chi connectivity index (χ3v) is 3.54. The summed E-state index contributed by atoms with van der Waals surface area (Å²) >= 11 is 0. The standard InChI is InChI=1S/C18H13NO5/c20-15-7-8-24-16-6-5-12(10-14(15)16)19-17(21)9-11-3-1-2-4-13(11)18(22)23/h1-8,10H,9H2,(H,19,21)(H,22,23). The molecular formula is C18H13NO5. The molecule has 1 amide bonds. The molecule has 6 nitrogen and oxygen atoms in total. The zero-order valence-electron chi connectivity index (χ0n) is 12.5. The molecule has 2 N–H and O–H groups in total. The van der Waals surface area contributed by atoms with Crippen LogP contribution in [-0.2, 0) is 11.2 Å². The molecular weight excluding hydrogens is 310 g/mol. The van der Waals surface area contributed by atoms with Crippen LogP contribution in [0.3, 0.4) is 0 Å². The molecule has 0 atom stereocenters. The lowest BCUT2D eigenvalue weighted by molar-refractivity contribution is -0.115. The summed E-state index contributed by atoms with van der Waals surface area (Å²) in [6.07, 6.45) is 1.23. The lowest BCUT2D eigenvalue weighted by Gasteiger charge is -2.08. The highest BCUT2D eigenvalue weighted by molar-refractivity contribution is 5.97. The van der Waals surface area contributed by atoms with E-state index in [-0.39, 0.29) is 23.3 Å². The van der Waals surface area contributed by atoms with Crippen molar-refractivity contribution in [2.45, 2.75) is 6.42 Å². The average Bonchev–Trinajstić information content (AvgIpc) is 2.56. The Morgan fingerprint density at radius 1 is 1.08 bits per heavy atom. The molecule has 0 saturated heterocycles. The van der Waals surface area contributed by atoms with E-state index in [1.807, 2.05) is 0 Å². The smallest absolute Gasteiger partial charge is 0.335 e. The van der Waals surface area contributed by atoms with Crippen LogP contribution in [0.15, 0.2) is 64.0 Å². The van der Waals surface area contributed by atoms with E-state index in [1.54, 1.807) is 30.3 Å². The normalized spacial score (nSPS) is 10.5. The van der Waals surface area contributed by atoms with Crippen molar-refractivity contribution in [3.8, 4) is 0 Å². The second kappa shape index (κ2) is 6.37. The maximum absolute atomic E-state index is 12.2. The Morgan fingerprint density at radius 3 is 2.67 bits per heavy atom. The summed E-state index contributed by atoms with van der Waals surface area (Å²) < 4.78 is 5.21. The van der Waals surface area contributed by atoms with Gasteiger partial charge in [-0.05, 0) is 29.8 Å². The van der Waals surface area contributed by atoms with E-state index < -0.39 is 5.97 Å². The number of hydrogen-bond acceptors (Lipinski definition) is 4. The quantitative estimate of drug-likeness (QED) is 0.769. The lowest BCUT2D eigenvalue weighted by atomic mass is 10.0. The Balaban J connectivity index is 1.82. The largest absolute Gasteiger partial charge is 0.478 e. The molecule has 6 heteroatoms. The minimum Gasteiger partial charge on any atom is -0.478 e. The first-order valence-corrected chi connectivity index (χ1v) is 7.17. The molecule has 3 rings (SSSR count). The number of nitrogens with one attached hydrogen (secondary N) is 1. The summed E-state index contributed by atoms with van der Waals surface area (Å²) in [5.41, 5.74) is 1.17. The highest BCUT2D eigenvalue weighted by Crippen LogP contribution is 2.17. The Hall–Kier alpha value is -3.41. The fraction of sp³-hybridized carbons (Fsp3) is 0.0556. The molecule has 0 aliphatic carbocycles. The van der Waals surface area contributed by atoms with E-state index >= 15 is 0 Å². The van der Waals surface area contributed by atoms with Crippen molar-refractivity contribution in [1.82, 2.24) is 0 Å². The van der Waals surface area contributed by atoms with E-state index in [2.05, 4.69) is 5.32 Å². The molecule has 0 bridgehead atoms. The van der Waals surface area contributed by atoms with Gasteiger partial charge in [-0.2, -0.15) is 0 Å². The zero-order valence-corrected chi connectivity index (χ0v) is 12.5. The number of amides is 1. The molecule has 2 aromatic carbocycles. The van der Waals surface area contributed by atoms with E-state index in [0.29, 0.717) is 22.2 Å². The van der Waals surface area contributed by atoms with Crippen molar-refractivity contribution >= 4 is 28.5 Å². The molecule has 0 unspecified atom stereocenters. The van der Waals surface area contributed by atoms with Crippen LogP contribution in [-0.4, -0.2) is 17.0 Å². The molecule has 3 aromatic rings. The van der Waals surface area contributed by atoms with Crippen molar-refractivity contribution in [1.29, 1.82) is 0 Å². The summed E-state index contributed by atoms with van der Waals surface area (Å²) in [4.78, 5) is 35.1. The van der Waals surface area contributed by atoms with Gasteiger partial charge in [0.05, 0.1) is 23.6 Å². The lowest BCUT2D eigenvalue weighted by Crippen LogP contribution is -2.16. The number of carbonyl (C=O) groups is 2. The Labute approximate surface area is 136 Å². The molecule has 0 radical (unpaired) electrons. The Kier molecular flexibility index (Phi) is 4.11. The van der Waals surface area contributed by atoms with Crippen LogP contribution in [0, 0.1) is 0 Å². The topological polar surface area (TPSA) is 96.6 Å². The minimum absolute atomic E-state index is 0.0795. The fourth-order valence-electron chi connectivity index (χ4n) is 2.42. The van der Waals surface area contributed by atoms with Crippen LogP contribution in [0.25, 0.3) is 11.0 Å². The fourth-order valence-corrected chi connectivity index (χ4v) is 2.42. The predicted octanol–water partition coefficient (Wildman–Crippen LogP) is 2.67. The number of fused-ring (bicyclic) bond motifs is 1. The number of carboxylic acids is 1. The van der Waals surface area contributed by atoms with Crippen LogP contribution >= 0.6 is 0 Å². The maximum atomic E-state index is 12.2. The van der Waals surface area contributed by atoms with Gasteiger partial charge in [0.25, 0.3) is 0 Å². The van der Waals surface area contributed by atoms with E-state index in [0.717, 1.165) is 0 Å². The molecule has 0 aliphatic rings. The summed E-state index contributed by atoms with van der Waals surface area (Å²) in [5, 5.41) is 12.2. The number of carboxylic acid groups (broad SMARTS) is 1. The van der Waals surface area contributed by atoms with Gasteiger partial charge in [-0.3, -0.25) is 9.59 Å². The molecule has 1 heterocycles. The zero-order chi connectivity index (χ0) is 17.1. The molecule has 0 saturated carbocycles. The third kappa shape index (κ3) is 3.17. The van der Waals surface area contributed by atoms with Gasteiger partial charge >= 0.3 is 5.97 Å². The number of aromatic carboxylic acids is 1. The van der Waals surface area contributed by atoms with E-state index in [9.17, 15) is 14.4 Å². The first-order chi connectivity index (χ1) is 11.5. The van der Waals surface area contributed by atoms with E-state index in [4.69, 9.17) is 9.52 Å². The highest BCUT2D eigenvalue weighted by atomic mass is 16.4. The van der Waals surface area contributed by atoms with Crippen molar-refractivity contribution in [2.24, 2.45) is 0 Å². The second-order valence-corrected chi connectivity index (χ2v) is 5.18. The molecule has 1 aromatic heterocycles. The predicted molar refractivity (Wildman–Crippen MR) is 88.2 cm³/mol. The van der Waals surface area contributed by atoms with Gasteiger partial charge in [0.1, 0.15) is 5.58 Å². The number of rotatable bonds is 4. The number of anilines is 1. The maximum Gasteiger partial charge on any atom is 0.335 e. The number of hydrogen-bond donors (Lipinski definition) is 2. The van der Waals surface area contributed by atoms with Gasteiger partial charge in [-0.15, -0.1) is 0 Å². The summed E-state index contributed by atoms with van der Waals surface area (Å²) in [6.45, 7) is 0. The summed E-state index contributed by atoms with van der Waals surface area (Å²) in [6, 6.07) is 12.4. The van der Waals surface area contributed by atoms with Crippen LogP contribution in [0.4, 0.5) is 5.69 Å². The first-order valence-electron chi connectivity index (χ1n) is 7.17. The second-order valence-electron chi connectivity index (χ2n) is 5.18. The van der Waals surface area contributed by atoms with Crippen molar-refractivity contribution < 1.29 is 19.1 Å². The Bertz CT molecular complexity index is 990. The Morgan fingerprint density at radius 2 is 1.88 bits per heavy atom. The summed E-state index contributed by atoms with van der Waals surface area (Å²) in [7, 11) is 0. The number of carbonyl (C=O) groups excluding carboxylic acids is 1. The van der Waals surface area contributed by atoms with Crippen LogP contribution < -0.4 is 10.7 Å². The monoisotopic (exact) mass is 323 g/mol. The average molecular weight is 323 g/mol. The van der Waals surface area contributed by atoms with Crippen LogP contribution in [0.5, 0.6) is 0 Å².